The van der Waals surface area contributed by atoms with Gasteiger partial charge in [-0.2, -0.15) is 13.2 Å². The zero-order valence-corrected chi connectivity index (χ0v) is 18.9. The normalized spacial score (nSPS) is 11.9. The second kappa shape index (κ2) is 11.2. The lowest BCUT2D eigenvalue weighted by atomic mass is 10.3. The molecule has 1 amide bonds. The average molecular weight is 526 g/mol. The number of nitrogens with zero attached hydrogens (tertiary/aromatic N) is 4. The van der Waals surface area contributed by atoms with E-state index in [9.17, 15) is 18.0 Å². The fourth-order valence-electron chi connectivity index (χ4n) is 2.79. The molecular weight excluding hydrogens is 500 g/mol. The molecule has 29 heavy (non-hydrogen) atoms. The van der Waals surface area contributed by atoms with Gasteiger partial charge in [0.2, 0.25) is 5.91 Å². The zero-order valence-electron chi connectivity index (χ0n) is 16.6. The molecule has 0 saturated carbocycles. The number of hydrogen-bond acceptors (Lipinski definition) is 3. The van der Waals surface area contributed by atoms with Gasteiger partial charge in [-0.05, 0) is 25.5 Å². The summed E-state index contributed by atoms with van der Waals surface area (Å²) in [4.78, 5) is 20.9. The standard InChI is InChI=1S/C18H25F3N6O.HI/c1-13-25-14-7-4-5-8-15(14)27(13)10-6-9-23-17(22-2)24-11-16(28)26(3)12-18(19,20)21;/h4-5,7-8H,6,9-12H2,1-3H3,(H2,22,23,24);1H. The molecule has 0 aliphatic heterocycles. The minimum absolute atomic E-state index is 0. The van der Waals surface area contributed by atoms with Crippen LogP contribution in [0.1, 0.15) is 12.2 Å². The van der Waals surface area contributed by atoms with Gasteiger partial charge in [0.25, 0.3) is 0 Å². The molecular formula is C18H26F3IN6O. The number of fused-ring (bicyclic) bond motifs is 1. The van der Waals surface area contributed by atoms with Crippen LogP contribution in [0.5, 0.6) is 0 Å². The molecule has 0 atom stereocenters. The number of hydrogen-bond donors (Lipinski definition) is 2. The molecule has 0 unspecified atom stereocenters. The van der Waals surface area contributed by atoms with Gasteiger partial charge in [0.05, 0.1) is 17.6 Å². The Kier molecular flexibility index (Phi) is 9.66. The number of amides is 1. The summed E-state index contributed by atoms with van der Waals surface area (Å²) in [6.45, 7) is 1.74. The number of carbonyl (C=O) groups is 1. The third-order valence-electron chi connectivity index (χ3n) is 4.17. The number of benzene rings is 1. The highest BCUT2D eigenvalue weighted by Gasteiger charge is 2.31. The van der Waals surface area contributed by atoms with Gasteiger partial charge in [0.1, 0.15) is 12.4 Å². The number of aromatic nitrogens is 2. The van der Waals surface area contributed by atoms with Gasteiger partial charge in [-0.25, -0.2) is 4.98 Å². The van der Waals surface area contributed by atoms with E-state index in [0.717, 1.165) is 36.9 Å². The highest BCUT2D eigenvalue weighted by molar-refractivity contribution is 14.0. The number of aryl methyl sites for hydroxylation is 2. The van der Waals surface area contributed by atoms with Crippen LogP contribution in [0.25, 0.3) is 11.0 Å². The minimum Gasteiger partial charge on any atom is -0.356 e. The van der Waals surface area contributed by atoms with Crippen LogP contribution in [0.2, 0.25) is 0 Å². The topological polar surface area (TPSA) is 74.5 Å². The van der Waals surface area contributed by atoms with Crippen molar-refractivity contribution < 1.29 is 18.0 Å². The molecule has 1 heterocycles. The number of carbonyl (C=O) groups excluding carboxylic acids is 1. The van der Waals surface area contributed by atoms with Gasteiger partial charge in [0, 0.05) is 27.2 Å². The number of likely N-dealkylation sites (N-methyl/N-ethyl adjacent to an activating group) is 1. The number of imidazole rings is 1. The molecule has 0 aliphatic carbocycles. The molecule has 7 nitrogen and oxygen atoms in total. The Bertz CT molecular complexity index is 837. The first-order chi connectivity index (χ1) is 13.2. The molecule has 0 radical (unpaired) electrons. The molecule has 0 spiro atoms. The maximum Gasteiger partial charge on any atom is 0.406 e. The zero-order chi connectivity index (χ0) is 20.7. The Morgan fingerprint density at radius 2 is 1.97 bits per heavy atom. The number of para-hydroxylation sites is 2. The van der Waals surface area contributed by atoms with Crippen molar-refractivity contribution in [2.24, 2.45) is 4.99 Å². The van der Waals surface area contributed by atoms with Crippen molar-refractivity contribution in [3.8, 4) is 0 Å². The summed E-state index contributed by atoms with van der Waals surface area (Å²) in [5, 5.41) is 5.79. The minimum atomic E-state index is -4.42. The van der Waals surface area contributed by atoms with Crippen molar-refractivity contribution in [1.29, 1.82) is 0 Å². The lowest BCUT2D eigenvalue weighted by Gasteiger charge is -2.20. The molecule has 0 saturated heterocycles. The van der Waals surface area contributed by atoms with E-state index in [1.54, 1.807) is 0 Å². The largest absolute Gasteiger partial charge is 0.406 e. The van der Waals surface area contributed by atoms with Gasteiger partial charge in [-0.3, -0.25) is 9.79 Å². The Balaban J connectivity index is 0.00000420. The molecule has 162 valence electrons. The SMILES string of the molecule is CN=C(NCCCn1c(C)nc2ccccc21)NCC(=O)N(C)CC(F)(F)F.I. The quantitative estimate of drug-likeness (QED) is 0.252. The summed E-state index contributed by atoms with van der Waals surface area (Å²) < 4.78 is 39.1. The number of rotatable bonds is 7. The Labute approximate surface area is 184 Å². The highest BCUT2D eigenvalue weighted by atomic mass is 127. The van der Waals surface area contributed by atoms with Crippen LogP contribution in [0.15, 0.2) is 29.3 Å². The Morgan fingerprint density at radius 1 is 1.28 bits per heavy atom. The van der Waals surface area contributed by atoms with Crippen molar-refractivity contribution in [2.75, 3.05) is 33.7 Å². The summed E-state index contributed by atoms with van der Waals surface area (Å²) in [7, 11) is 2.65. The van der Waals surface area contributed by atoms with Crippen LogP contribution in [0.3, 0.4) is 0 Å². The van der Waals surface area contributed by atoms with Crippen molar-refractivity contribution in [3.05, 3.63) is 30.1 Å². The first kappa shape index (κ1) is 25.0. The Morgan fingerprint density at radius 3 is 2.62 bits per heavy atom. The highest BCUT2D eigenvalue weighted by Crippen LogP contribution is 2.16. The first-order valence-electron chi connectivity index (χ1n) is 8.88. The van der Waals surface area contributed by atoms with E-state index in [1.807, 2.05) is 31.2 Å². The van der Waals surface area contributed by atoms with Crippen LogP contribution in [-0.4, -0.2) is 66.2 Å². The first-order valence-corrected chi connectivity index (χ1v) is 8.88. The molecule has 0 fully saturated rings. The molecule has 2 N–H and O–H groups in total. The van der Waals surface area contributed by atoms with Gasteiger partial charge in [-0.1, -0.05) is 12.1 Å². The second-order valence-corrected chi connectivity index (χ2v) is 6.37. The second-order valence-electron chi connectivity index (χ2n) is 6.37. The third kappa shape index (κ3) is 7.71. The van der Waals surface area contributed by atoms with Gasteiger partial charge < -0.3 is 20.1 Å². The van der Waals surface area contributed by atoms with E-state index < -0.39 is 18.6 Å². The van der Waals surface area contributed by atoms with E-state index in [1.165, 1.54) is 7.05 Å². The summed E-state index contributed by atoms with van der Waals surface area (Å²) in [6, 6.07) is 7.91. The number of guanidine groups is 1. The summed E-state index contributed by atoms with van der Waals surface area (Å²) in [5.41, 5.74) is 2.02. The average Bonchev–Trinajstić information content (AvgIpc) is 2.94. The summed E-state index contributed by atoms with van der Waals surface area (Å²) >= 11 is 0. The van der Waals surface area contributed by atoms with E-state index in [0.29, 0.717) is 17.4 Å². The molecule has 1 aromatic carbocycles. The van der Waals surface area contributed by atoms with E-state index >= 15 is 0 Å². The number of halogens is 4. The van der Waals surface area contributed by atoms with E-state index in [2.05, 4.69) is 25.2 Å². The molecule has 11 heteroatoms. The number of aliphatic imine (C=N–C) groups is 1. The fraction of sp³-hybridized carbons (Fsp3) is 0.500. The van der Waals surface area contributed by atoms with Crippen molar-refractivity contribution in [1.82, 2.24) is 25.1 Å². The Hall–Kier alpha value is -2.05. The van der Waals surface area contributed by atoms with Gasteiger partial charge in [-0.15, -0.1) is 24.0 Å². The predicted octanol–water partition coefficient (Wildman–Crippen LogP) is 2.54. The molecule has 1 aromatic heterocycles. The smallest absolute Gasteiger partial charge is 0.356 e. The number of nitrogens with one attached hydrogen (secondary N) is 2. The van der Waals surface area contributed by atoms with Crippen molar-refractivity contribution >= 4 is 46.9 Å². The number of alkyl halides is 3. The van der Waals surface area contributed by atoms with Crippen LogP contribution < -0.4 is 10.6 Å². The predicted molar refractivity (Wildman–Crippen MR) is 118 cm³/mol. The molecule has 0 bridgehead atoms. The monoisotopic (exact) mass is 526 g/mol. The van der Waals surface area contributed by atoms with Crippen LogP contribution in [0.4, 0.5) is 13.2 Å². The summed E-state index contributed by atoms with van der Waals surface area (Å²) in [6.07, 6.45) is -3.64. The van der Waals surface area contributed by atoms with Crippen LogP contribution in [-0.2, 0) is 11.3 Å². The van der Waals surface area contributed by atoms with E-state index in [-0.39, 0.29) is 30.5 Å². The van der Waals surface area contributed by atoms with Crippen molar-refractivity contribution in [2.45, 2.75) is 26.1 Å². The van der Waals surface area contributed by atoms with Crippen molar-refractivity contribution in [3.63, 3.8) is 0 Å². The van der Waals surface area contributed by atoms with Crippen LogP contribution in [0, 0.1) is 6.92 Å². The van der Waals surface area contributed by atoms with Gasteiger partial charge in [0.15, 0.2) is 5.96 Å². The maximum absolute atomic E-state index is 12.3. The van der Waals surface area contributed by atoms with E-state index in [4.69, 9.17) is 0 Å². The molecule has 2 aromatic rings. The maximum atomic E-state index is 12.3. The van der Waals surface area contributed by atoms with Crippen LogP contribution >= 0.6 is 24.0 Å². The molecule has 2 rings (SSSR count). The summed E-state index contributed by atoms with van der Waals surface area (Å²) in [5.74, 6) is 0.628. The lowest BCUT2D eigenvalue weighted by molar-refractivity contribution is -0.157. The van der Waals surface area contributed by atoms with Gasteiger partial charge >= 0.3 is 6.18 Å². The third-order valence-corrected chi connectivity index (χ3v) is 4.17. The fourth-order valence-corrected chi connectivity index (χ4v) is 2.79. The molecule has 0 aliphatic rings. The lowest BCUT2D eigenvalue weighted by Crippen LogP contribution is -2.45.